The molecule has 60 heavy (non-hydrogen) atoms. The molecule has 0 saturated carbocycles. The highest BCUT2D eigenvalue weighted by Gasteiger charge is 2.41. The Kier molecular flexibility index (Phi) is 24.4. The summed E-state index contributed by atoms with van der Waals surface area (Å²) in [7, 11) is 0. The van der Waals surface area contributed by atoms with E-state index in [9.17, 15) is 24.6 Å². The second-order valence-electron chi connectivity index (χ2n) is 17.8. The highest BCUT2D eigenvalue weighted by molar-refractivity contribution is 6.63. The van der Waals surface area contributed by atoms with Gasteiger partial charge in [-0.3, -0.25) is 14.4 Å². The number of carbonyl (C=O) groups excluding carboxylic acids is 3. The Morgan fingerprint density at radius 3 is 1.40 bits per heavy atom. The quantitative estimate of drug-likeness (QED) is 0.0414. The Bertz CT molecular complexity index is 1600. The van der Waals surface area contributed by atoms with E-state index < -0.39 is 23.1 Å². The number of aromatic hydroxyl groups is 1. The van der Waals surface area contributed by atoms with Gasteiger partial charge in [0.2, 0.25) is 11.6 Å². The van der Waals surface area contributed by atoms with Crippen molar-refractivity contribution in [1.82, 2.24) is 4.90 Å². The zero-order valence-corrected chi connectivity index (χ0v) is 38.9. The van der Waals surface area contributed by atoms with Crippen LogP contribution in [0.1, 0.15) is 201 Å². The summed E-state index contributed by atoms with van der Waals surface area (Å²) in [6.45, 7) is 16.5. The number of phenolic OH excluding ortho intramolecular Hbond substituents is 1. The summed E-state index contributed by atoms with van der Waals surface area (Å²) in [5, 5.41) is 22.9. The molecule has 3 rings (SSSR count). The van der Waals surface area contributed by atoms with Gasteiger partial charge in [0, 0.05) is 60.8 Å². The molecule has 0 heterocycles. The summed E-state index contributed by atoms with van der Waals surface area (Å²) >= 11 is 0. The van der Waals surface area contributed by atoms with Crippen molar-refractivity contribution in [2.45, 2.75) is 196 Å². The SMILES string of the molecule is CCCCCCCCC(CCCCCC)CN(CC)C1=CC(=O)/C(=C2\C(=O)C(=O)C(c3ccc(N(CC)CC(CCCCCC)CCCCCCCC)cc3O)=C2O)C=C1. The lowest BCUT2D eigenvalue weighted by Gasteiger charge is -2.30. The van der Waals surface area contributed by atoms with Gasteiger partial charge in [0.05, 0.1) is 11.1 Å². The number of nitrogens with zero attached hydrogens (tertiary/aromatic N) is 2. The van der Waals surface area contributed by atoms with Gasteiger partial charge in [0.25, 0.3) is 0 Å². The second kappa shape index (κ2) is 28.8. The van der Waals surface area contributed by atoms with Crippen LogP contribution < -0.4 is 4.90 Å². The first kappa shape index (κ1) is 50.7. The topological polar surface area (TPSA) is 98.2 Å². The monoisotopic (exact) mass is 829 g/mol. The number of allylic oxidation sites excluding steroid dienone is 6. The first-order valence-corrected chi connectivity index (χ1v) is 24.7. The van der Waals surface area contributed by atoms with Crippen LogP contribution in [0.25, 0.3) is 5.57 Å². The Labute approximate surface area is 365 Å². The lowest BCUT2D eigenvalue weighted by molar-refractivity contribution is -0.130. The van der Waals surface area contributed by atoms with Crippen molar-refractivity contribution >= 4 is 28.6 Å². The summed E-state index contributed by atoms with van der Waals surface area (Å²) in [4.78, 5) is 45.3. The first-order chi connectivity index (χ1) is 29.1. The van der Waals surface area contributed by atoms with Crippen molar-refractivity contribution in [2.24, 2.45) is 11.8 Å². The third-order valence-electron chi connectivity index (χ3n) is 12.9. The molecular formula is C53H84N2O5. The Balaban J connectivity index is 1.79. The maximum Gasteiger partial charge on any atom is 0.238 e. The fraction of sp³-hybridized carbons (Fsp3) is 0.679. The van der Waals surface area contributed by atoms with E-state index in [0.717, 1.165) is 37.6 Å². The van der Waals surface area contributed by atoms with Crippen molar-refractivity contribution in [3.05, 3.63) is 64.6 Å². The lowest BCUT2D eigenvalue weighted by Crippen LogP contribution is -2.30. The standard InChI is InChI=1S/C53H84N2O5/c1-7-13-17-21-23-27-31-41(29-25-19-15-9-3)39-54(11-5)43-33-35-45(47(56)37-43)49-51(58)50(53(60)52(49)59)46-36-34-44(38-48(46)57)55(12-6)40-42(30-26-20-16-10-4)32-28-24-22-18-14-8-2/h33-38,41-42,56,58H,7-32,39-40H2,1-6H3/b50-46-. The molecule has 0 spiro atoms. The molecule has 336 valence electrons. The van der Waals surface area contributed by atoms with Crippen LogP contribution in [-0.4, -0.2) is 58.6 Å². The highest BCUT2D eigenvalue weighted by atomic mass is 16.3. The summed E-state index contributed by atoms with van der Waals surface area (Å²) in [6, 6.07) is 5.13. The van der Waals surface area contributed by atoms with Crippen molar-refractivity contribution in [3.63, 3.8) is 0 Å². The molecule has 2 atom stereocenters. The zero-order chi connectivity index (χ0) is 43.7. The number of ketones is 3. The predicted molar refractivity (Wildman–Crippen MR) is 253 cm³/mol. The third kappa shape index (κ3) is 16.0. The Morgan fingerprint density at radius 1 is 0.517 bits per heavy atom. The van der Waals surface area contributed by atoms with Crippen LogP contribution in [0.2, 0.25) is 0 Å². The summed E-state index contributed by atoms with van der Waals surface area (Å²) in [5.74, 6) is -1.89. The molecule has 0 aliphatic heterocycles. The predicted octanol–water partition coefficient (Wildman–Crippen LogP) is 14.0. The van der Waals surface area contributed by atoms with Crippen LogP contribution in [0.4, 0.5) is 5.69 Å². The zero-order valence-electron chi connectivity index (χ0n) is 38.9. The van der Waals surface area contributed by atoms with Crippen LogP contribution in [-0.2, 0) is 14.4 Å². The molecule has 0 saturated heterocycles. The number of likely N-dealkylation sites (N-methyl/N-ethyl adjacent to an activating group) is 1. The van der Waals surface area contributed by atoms with E-state index >= 15 is 0 Å². The van der Waals surface area contributed by atoms with Crippen LogP contribution in [0.3, 0.4) is 0 Å². The fourth-order valence-electron chi connectivity index (χ4n) is 9.17. The van der Waals surface area contributed by atoms with E-state index in [2.05, 4.69) is 51.3 Å². The summed E-state index contributed by atoms with van der Waals surface area (Å²) in [6.07, 6.45) is 34.9. The highest BCUT2D eigenvalue weighted by Crippen LogP contribution is 2.40. The molecule has 0 amide bonds. The van der Waals surface area contributed by atoms with E-state index in [1.54, 1.807) is 24.3 Å². The molecule has 7 nitrogen and oxygen atoms in total. The fourth-order valence-corrected chi connectivity index (χ4v) is 9.17. The maximum atomic E-state index is 13.7. The van der Waals surface area contributed by atoms with Crippen molar-refractivity contribution < 1.29 is 24.6 Å². The van der Waals surface area contributed by atoms with Gasteiger partial charge in [-0.05, 0) is 75.7 Å². The number of phenols is 1. The van der Waals surface area contributed by atoms with Crippen LogP contribution >= 0.6 is 0 Å². The maximum absolute atomic E-state index is 13.7. The molecular weight excluding hydrogens is 745 g/mol. The molecule has 0 radical (unpaired) electrons. The van der Waals surface area contributed by atoms with Gasteiger partial charge in [-0.15, -0.1) is 0 Å². The summed E-state index contributed by atoms with van der Waals surface area (Å²) < 4.78 is 0. The van der Waals surface area contributed by atoms with E-state index in [1.807, 2.05) is 12.1 Å². The molecule has 1 aromatic rings. The Morgan fingerprint density at radius 2 is 0.950 bits per heavy atom. The van der Waals surface area contributed by atoms with Crippen molar-refractivity contribution in [2.75, 3.05) is 31.1 Å². The van der Waals surface area contributed by atoms with Crippen molar-refractivity contribution in [3.8, 4) is 5.75 Å². The Hall–Kier alpha value is -3.61. The smallest absolute Gasteiger partial charge is 0.238 e. The van der Waals surface area contributed by atoms with Crippen LogP contribution in [0, 0.1) is 11.8 Å². The van der Waals surface area contributed by atoms with Gasteiger partial charge in [-0.25, -0.2) is 0 Å². The molecule has 2 aliphatic rings. The van der Waals surface area contributed by atoms with Gasteiger partial charge in [0.1, 0.15) is 11.5 Å². The minimum atomic E-state index is -0.926. The van der Waals surface area contributed by atoms with Crippen LogP contribution in [0.5, 0.6) is 5.75 Å². The van der Waals surface area contributed by atoms with Gasteiger partial charge < -0.3 is 20.0 Å². The molecule has 2 unspecified atom stereocenters. The molecule has 2 aliphatic carbocycles. The van der Waals surface area contributed by atoms with E-state index in [1.165, 1.54) is 154 Å². The van der Waals surface area contributed by atoms with Gasteiger partial charge in [-0.1, -0.05) is 156 Å². The normalized spacial score (nSPS) is 16.6. The molecule has 0 fully saturated rings. The largest absolute Gasteiger partial charge is 0.507 e. The third-order valence-corrected chi connectivity index (χ3v) is 12.9. The number of hydrogen-bond donors (Lipinski definition) is 2. The number of aliphatic hydroxyl groups is 1. The molecule has 2 N–H and O–H groups in total. The second-order valence-corrected chi connectivity index (χ2v) is 17.8. The molecule has 0 bridgehead atoms. The number of aliphatic hydroxyl groups excluding tert-OH is 1. The minimum absolute atomic E-state index is 0.00691. The minimum Gasteiger partial charge on any atom is -0.507 e. The number of unbranched alkanes of at least 4 members (excludes halogenated alkanes) is 16. The van der Waals surface area contributed by atoms with Crippen molar-refractivity contribution in [1.29, 1.82) is 0 Å². The van der Waals surface area contributed by atoms with Gasteiger partial charge >= 0.3 is 0 Å². The number of rotatable bonds is 33. The average Bonchev–Trinajstić information content (AvgIpc) is 3.46. The number of anilines is 1. The van der Waals surface area contributed by atoms with E-state index in [0.29, 0.717) is 11.8 Å². The number of Topliss-reactive ketones (excluding diaryl/α,β-unsaturated/α-hetero) is 2. The van der Waals surface area contributed by atoms with Gasteiger partial charge in [-0.2, -0.15) is 0 Å². The summed E-state index contributed by atoms with van der Waals surface area (Å²) in [5.41, 5.74) is 1.20. The number of benzene rings is 1. The first-order valence-electron chi connectivity index (χ1n) is 24.7. The van der Waals surface area contributed by atoms with E-state index in [-0.39, 0.29) is 28.0 Å². The van der Waals surface area contributed by atoms with Crippen LogP contribution in [0.15, 0.2) is 59.0 Å². The molecule has 0 aromatic heterocycles. The number of hydrogen-bond acceptors (Lipinski definition) is 7. The number of carbonyl (C=O) groups is 3. The molecule has 7 heteroatoms. The van der Waals surface area contributed by atoms with Gasteiger partial charge in [0.15, 0.2) is 5.78 Å². The average molecular weight is 829 g/mol. The molecule has 1 aromatic carbocycles. The van der Waals surface area contributed by atoms with E-state index in [4.69, 9.17) is 0 Å². The lowest BCUT2D eigenvalue weighted by atomic mass is 9.92.